The number of nitrogens with zero attached hydrogens (tertiary/aromatic N) is 1. The summed E-state index contributed by atoms with van der Waals surface area (Å²) in [5.41, 5.74) is 0.697. The molecule has 3 rings (SSSR count). The van der Waals surface area contributed by atoms with E-state index in [1.165, 1.54) is 0 Å². The van der Waals surface area contributed by atoms with E-state index >= 15 is 0 Å². The van der Waals surface area contributed by atoms with Gasteiger partial charge in [-0.2, -0.15) is 0 Å². The standard InChI is InChI=1S/C19H18N2O4/c1-19(2,3)10-9-11-5-4-6-12-15(11)18(25)21(17(12)24)13-7-8-14(22)20-16(13)23/h4-6,13H,7-8H2,1-3H3,(H,20,22,23). The molecule has 1 saturated heterocycles. The molecule has 1 atom stereocenters. The van der Waals surface area contributed by atoms with Crippen molar-refractivity contribution in [3.63, 3.8) is 0 Å². The Bertz CT molecular complexity index is 868. The third kappa shape index (κ3) is 3.05. The van der Waals surface area contributed by atoms with Crippen LogP contribution >= 0.6 is 0 Å². The summed E-state index contributed by atoms with van der Waals surface area (Å²) in [7, 11) is 0. The predicted molar refractivity (Wildman–Crippen MR) is 89.4 cm³/mol. The van der Waals surface area contributed by atoms with E-state index in [2.05, 4.69) is 17.2 Å². The summed E-state index contributed by atoms with van der Waals surface area (Å²) in [4.78, 5) is 49.9. The molecule has 0 saturated carbocycles. The van der Waals surface area contributed by atoms with Crippen LogP contribution in [0.2, 0.25) is 0 Å². The van der Waals surface area contributed by atoms with Crippen LogP contribution in [0.25, 0.3) is 0 Å². The predicted octanol–water partition coefficient (Wildman–Crippen LogP) is 1.49. The fourth-order valence-corrected chi connectivity index (χ4v) is 2.87. The van der Waals surface area contributed by atoms with Gasteiger partial charge < -0.3 is 0 Å². The van der Waals surface area contributed by atoms with Crippen LogP contribution in [0.3, 0.4) is 0 Å². The molecule has 1 aromatic carbocycles. The van der Waals surface area contributed by atoms with Crippen LogP contribution in [0.5, 0.6) is 0 Å². The molecule has 0 radical (unpaired) electrons. The molecule has 6 nitrogen and oxygen atoms in total. The van der Waals surface area contributed by atoms with Crippen molar-refractivity contribution >= 4 is 23.6 Å². The van der Waals surface area contributed by atoms with Gasteiger partial charge in [0.25, 0.3) is 11.8 Å². The van der Waals surface area contributed by atoms with Gasteiger partial charge in [-0.1, -0.05) is 17.9 Å². The second-order valence-electron chi connectivity index (χ2n) is 7.18. The van der Waals surface area contributed by atoms with E-state index in [1.807, 2.05) is 20.8 Å². The number of amides is 4. The second-order valence-corrected chi connectivity index (χ2v) is 7.18. The molecule has 25 heavy (non-hydrogen) atoms. The Hall–Kier alpha value is -2.94. The van der Waals surface area contributed by atoms with Crippen molar-refractivity contribution in [1.29, 1.82) is 0 Å². The third-order valence-electron chi connectivity index (χ3n) is 4.04. The molecule has 128 valence electrons. The summed E-state index contributed by atoms with van der Waals surface area (Å²) in [5, 5.41) is 2.18. The topological polar surface area (TPSA) is 83.6 Å². The first-order valence-corrected chi connectivity index (χ1v) is 8.07. The average Bonchev–Trinajstić information content (AvgIpc) is 2.77. The minimum absolute atomic E-state index is 0.0977. The lowest BCUT2D eigenvalue weighted by Crippen LogP contribution is -2.54. The maximum absolute atomic E-state index is 12.9. The van der Waals surface area contributed by atoms with Crippen molar-refractivity contribution in [1.82, 2.24) is 10.2 Å². The molecule has 0 bridgehead atoms. The molecule has 6 heteroatoms. The molecule has 0 aromatic heterocycles. The summed E-state index contributed by atoms with van der Waals surface area (Å²) in [5.74, 6) is 3.96. The van der Waals surface area contributed by atoms with Crippen LogP contribution in [-0.2, 0) is 9.59 Å². The van der Waals surface area contributed by atoms with E-state index < -0.39 is 29.7 Å². The third-order valence-corrected chi connectivity index (χ3v) is 4.04. The number of piperidine rings is 1. The molecule has 1 aromatic rings. The minimum atomic E-state index is -0.964. The average molecular weight is 338 g/mol. The van der Waals surface area contributed by atoms with Gasteiger partial charge in [-0.15, -0.1) is 0 Å². The molecule has 2 aliphatic rings. The SMILES string of the molecule is CC(C)(C)C#Cc1cccc2c1C(=O)N(C1CCC(=O)NC1=O)C2=O. The molecule has 2 heterocycles. The first-order valence-electron chi connectivity index (χ1n) is 8.07. The van der Waals surface area contributed by atoms with E-state index in [0.29, 0.717) is 5.56 Å². The molecule has 1 fully saturated rings. The summed E-state index contributed by atoms with van der Waals surface area (Å²) in [6.07, 6.45) is 0.236. The summed E-state index contributed by atoms with van der Waals surface area (Å²) < 4.78 is 0. The highest BCUT2D eigenvalue weighted by Gasteiger charge is 2.45. The fraction of sp³-hybridized carbons (Fsp3) is 0.368. The number of imide groups is 2. The van der Waals surface area contributed by atoms with Gasteiger partial charge in [0, 0.05) is 17.4 Å². The number of hydrogen-bond donors (Lipinski definition) is 1. The van der Waals surface area contributed by atoms with Crippen molar-refractivity contribution in [3.8, 4) is 11.8 Å². The zero-order chi connectivity index (χ0) is 18.4. The van der Waals surface area contributed by atoms with Gasteiger partial charge in [-0.25, -0.2) is 0 Å². The maximum atomic E-state index is 12.9. The van der Waals surface area contributed by atoms with Crippen molar-refractivity contribution in [2.75, 3.05) is 0 Å². The highest BCUT2D eigenvalue weighted by molar-refractivity contribution is 6.24. The quantitative estimate of drug-likeness (QED) is 0.621. The Morgan fingerprint density at radius 2 is 1.84 bits per heavy atom. The zero-order valence-electron chi connectivity index (χ0n) is 14.3. The highest BCUT2D eigenvalue weighted by atomic mass is 16.2. The number of rotatable bonds is 1. The Kier molecular flexibility index (Phi) is 3.96. The first-order chi connectivity index (χ1) is 11.7. The van der Waals surface area contributed by atoms with Gasteiger partial charge >= 0.3 is 0 Å². The number of fused-ring (bicyclic) bond motifs is 1. The second kappa shape index (κ2) is 5.85. The van der Waals surface area contributed by atoms with Crippen molar-refractivity contribution in [2.24, 2.45) is 5.41 Å². The molecule has 1 unspecified atom stereocenters. The molecular weight excluding hydrogens is 320 g/mol. The smallest absolute Gasteiger partial charge is 0.263 e. The Morgan fingerprint density at radius 3 is 2.48 bits per heavy atom. The monoisotopic (exact) mass is 338 g/mol. The van der Waals surface area contributed by atoms with Gasteiger partial charge in [0.2, 0.25) is 11.8 Å². The Labute approximate surface area is 145 Å². The van der Waals surface area contributed by atoms with Gasteiger partial charge in [0.1, 0.15) is 6.04 Å². The van der Waals surface area contributed by atoms with E-state index in [4.69, 9.17) is 0 Å². The number of carbonyl (C=O) groups excluding carboxylic acids is 4. The van der Waals surface area contributed by atoms with E-state index in [1.54, 1.807) is 18.2 Å². The summed E-state index contributed by atoms with van der Waals surface area (Å²) in [6, 6.07) is 3.96. The number of hydrogen-bond acceptors (Lipinski definition) is 4. The molecule has 1 N–H and O–H groups in total. The Balaban J connectivity index is 2.01. The first kappa shape index (κ1) is 16.9. The van der Waals surface area contributed by atoms with E-state index in [0.717, 1.165) is 4.90 Å². The van der Waals surface area contributed by atoms with Crippen LogP contribution in [0.1, 0.15) is 59.9 Å². The molecule has 0 aliphatic carbocycles. The highest BCUT2D eigenvalue weighted by Crippen LogP contribution is 2.29. The largest absolute Gasteiger partial charge is 0.295 e. The van der Waals surface area contributed by atoms with Crippen molar-refractivity contribution < 1.29 is 19.2 Å². The van der Waals surface area contributed by atoms with Crippen LogP contribution < -0.4 is 5.32 Å². The number of carbonyl (C=O) groups is 4. The van der Waals surface area contributed by atoms with Gasteiger partial charge in [0.05, 0.1) is 11.1 Å². The number of nitrogens with one attached hydrogen (secondary N) is 1. The molecule has 0 spiro atoms. The van der Waals surface area contributed by atoms with E-state index in [-0.39, 0.29) is 29.4 Å². The summed E-state index contributed by atoms with van der Waals surface area (Å²) >= 11 is 0. The van der Waals surface area contributed by atoms with Crippen LogP contribution in [0, 0.1) is 17.3 Å². The summed E-state index contributed by atoms with van der Waals surface area (Å²) in [6.45, 7) is 5.85. The molecule has 2 aliphatic heterocycles. The molecular formula is C19H18N2O4. The van der Waals surface area contributed by atoms with Crippen LogP contribution in [-0.4, -0.2) is 34.6 Å². The van der Waals surface area contributed by atoms with Gasteiger partial charge in [0.15, 0.2) is 0 Å². The minimum Gasteiger partial charge on any atom is -0.295 e. The Morgan fingerprint density at radius 1 is 1.12 bits per heavy atom. The lowest BCUT2D eigenvalue weighted by molar-refractivity contribution is -0.136. The van der Waals surface area contributed by atoms with E-state index in [9.17, 15) is 19.2 Å². The lowest BCUT2D eigenvalue weighted by Gasteiger charge is -2.27. The fourth-order valence-electron chi connectivity index (χ4n) is 2.87. The van der Waals surface area contributed by atoms with Crippen LogP contribution in [0.15, 0.2) is 18.2 Å². The van der Waals surface area contributed by atoms with Crippen molar-refractivity contribution in [3.05, 3.63) is 34.9 Å². The number of benzene rings is 1. The maximum Gasteiger partial charge on any atom is 0.263 e. The van der Waals surface area contributed by atoms with Crippen molar-refractivity contribution in [2.45, 2.75) is 39.7 Å². The lowest BCUT2D eigenvalue weighted by atomic mass is 9.96. The molecule has 4 amide bonds. The van der Waals surface area contributed by atoms with Gasteiger partial charge in [-0.05, 0) is 39.3 Å². The zero-order valence-corrected chi connectivity index (χ0v) is 14.3. The normalized spacial score (nSPS) is 20.1. The van der Waals surface area contributed by atoms with Gasteiger partial charge in [-0.3, -0.25) is 29.4 Å². The van der Waals surface area contributed by atoms with Crippen LogP contribution in [0.4, 0.5) is 0 Å².